The number of methoxy groups -OCH3 is 1. The van der Waals surface area contributed by atoms with Crippen LogP contribution in [0.2, 0.25) is 0 Å². The van der Waals surface area contributed by atoms with E-state index in [4.69, 9.17) is 15.3 Å². The van der Waals surface area contributed by atoms with E-state index in [1.807, 2.05) is 6.07 Å². The van der Waals surface area contributed by atoms with Gasteiger partial charge in [0.25, 0.3) is 5.69 Å². The van der Waals surface area contributed by atoms with Crippen LogP contribution in [0.5, 0.6) is 5.75 Å². The Kier molecular flexibility index (Phi) is 3.41. The number of rotatable bonds is 3. The van der Waals surface area contributed by atoms with Crippen LogP contribution in [0.4, 0.5) is 5.69 Å². The van der Waals surface area contributed by atoms with Gasteiger partial charge < -0.3 is 4.74 Å². The van der Waals surface area contributed by atoms with Gasteiger partial charge in [-0.3, -0.25) is 10.1 Å². The maximum absolute atomic E-state index is 10.7. The Hall–Kier alpha value is -2.60. The van der Waals surface area contributed by atoms with Crippen molar-refractivity contribution in [1.29, 1.82) is 10.5 Å². The predicted octanol–water partition coefficient (Wildman–Crippen LogP) is 1.54. The molecule has 6 heteroatoms. The largest absolute Gasteiger partial charge is 0.496 e. The Morgan fingerprint density at radius 2 is 2.19 bits per heavy atom. The summed E-state index contributed by atoms with van der Waals surface area (Å²) in [6.07, 6.45) is -0.0685. The van der Waals surface area contributed by atoms with Gasteiger partial charge in [-0.15, -0.1) is 0 Å². The summed E-state index contributed by atoms with van der Waals surface area (Å²) in [7, 11) is 1.36. The standard InChI is InChI=1S/C10H7N3O3/c1-16-8-4-7(2-3-11)9(6-12)10(5-8)13(14)15/h4-5H,2H2,1H3. The van der Waals surface area contributed by atoms with Gasteiger partial charge in [0.1, 0.15) is 17.4 Å². The summed E-state index contributed by atoms with van der Waals surface area (Å²) in [6.45, 7) is 0. The van der Waals surface area contributed by atoms with Crippen LogP contribution in [0.3, 0.4) is 0 Å². The second kappa shape index (κ2) is 4.76. The molecule has 0 bridgehead atoms. The minimum absolute atomic E-state index is 0.0685. The molecule has 0 unspecified atom stereocenters. The fourth-order valence-electron chi connectivity index (χ4n) is 1.27. The lowest BCUT2D eigenvalue weighted by molar-refractivity contribution is -0.385. The van der Waals surface area contributed by atoms with Gasteiger partial charge in [0.15, 0.2) is 0 Å². The van der Waals surface area contributed by atoms with E-state index in [0.29, 0.717) is 5.56 Å². The number of hydrogen-bond acceptors (Lipinski definition) is 5. The van der Waals surface area contributed by atoms with Gasteiger partial charge in [-0.05, 0) is 11.6 Å². The SMILES string of the molecule is COc1cc(CC#N)c(C#N)c([N+](=O)[O-])c1. The van der Waals surface area contributed by atoms with Crippen molar-refractivity contribution in [2.75, 3.05) is 7.11 Å². The van der Waals surface area contributed by atoms with Gasteiger partial charge in [-0.2, -0.15) is 10.5 Å². The maximum Gasteiger partial charge on any atom is 0.291 e. The molecule has 0 amide bonds. The third-order valence-electron chi connectivity index (χ3n) is 1.99. The molecule has 1 aromatic carbocycles. The molecule has 0 aliphatic rings. The minimum Gasteiger partial charge on any atom is -0.496 e. The fourth-order valence-corrected chi connectivity index (χ4v) is 1.27. The molecule has 0 radical (unpaired) electrons. The Morgan fingerprint density at radius 1 is 1.50 bits per heavy atom. The lowest BCUT2D eigenvalue weighted by Gasteiger charge is -2.04. The van der Waals surface area contributed by atoms with Crippen molar-refractivity contribution < 1.29 is 9.66 Å². The summed E-state index contributed by atoms with van der Waals surface area (Å²) in [5.74, 6) is 0.260. The van der Waals surface area contributed by atoms with Crippen molar-refractivity contribution >= 4 is 5.69 Å². The first-order chi connectivity index (χ1) is 7.63. The van der Waals surface area contributed by atoms with Crippen LogP contribution in [-0.4, -0.2) is 12.0 Å². The second-order valence-electron chi connectivity index (χ2n) is 2.88. The van der Waals surface area contributed by atoms with Gasteiger partial charge in [-0.1, -0.05) is 0 Å². The molecule has 80 valence electrons. The zero-order valence-corrected chi connectivity index (χ0v) is 8.43. The highest BCUT2D eigenvalue weighted by molar-refractivity contribution is 5.57. The van der Waals surface area contributed by atoms with Gasteiger partial charge in [0.2, 0.25) is 0 Å². The molecule has 16 heavy (non-hydrogen) atoms. The molecular weight excluding hydrogens is 210 g/mol. The summed E-state index contributed by atoms with van der Waals surface area (Å²) in [5, 5.41) is 28.1. The monoisotopic (exact) mass is 217 g/mol. The van der Waals surface area contributed by atoms with Crippen LogP contribution >= 0.6 is 0 Å². The highest BCUT2D eigenvalue weighted by Crippen LogP contribution is 2.28. The number of benzene rings is 1. The summed E-state index contributed by atoms with van der Waals surface area (Å²) in [4.78, 5) is 10.1. The average Bonchev–Trinajstić information content (AvgIpc) is 2.28. The molecule has 0 N–H and O–H groups in total. The molecule has 0 fully saturated rings. The van der Waals surface area contributed by atoms with Crippen LogP contribution in [0.15, 0.2) is 12.1 Å². The molecule has 1 rings (SSSR count). The van der Waals surface area contributed by atoms with Crippen molar-refractivity contribution in [3.05, 3.63) is 33.4 Å². The van der Waals surface area contributed by atoms with E-state index in [1.165, 1.54) is 19.2 Å². The van der Waals surface area contributed by atoms with E-state index in [2.05, 4.69) is 0 Å². The van der Waals surface area contributed by atoms with Crippen molar-refractivity contribution in [1.82, 2.24) is 0 Å². The van der Waals surface area contributed by atoms with E-state index < -0.39 is 4.92 Å². The Balaban J connectivity index is 3.49. The summed E-state index contributed by atoms with van der Waals surface area (Å²) < 4.78 is 4.87. The van der Waals surface area contributed by atoms with Crippen LogP contribution in [-0.2, 0) is 6.42 Å². The van der Waals surface area contributed by atoms with Crippen LogP contribution in [0.1, 0.15) is 11.1 Å². The normalized spacial score (nSPS) is 8.94. The molecule has 0 aliphatic heterocycles. The summed E-state index contributed by atoms with van der Waals surface area (Å²) >= 11 is 0. The van der Waals surface area contributed by atoms with Gasteiger partial charge in [0.05, 0.1) is 30.6 Å². The first-order valence-electron chi connectivity index (χ1n) is 4.26. The molecule has 0 spiro atoms. The van der Waals surface area contributed by atoms with E-state index in [1.54, 1.807) is 6.07 Å². The lowest BCUT2D eigenvalue weighted by Crippen LogP contribution is -1.98. The highest BCUT2D eigenvalue weighted by atomic mass is 16.6. The number of nitriles is 2. The molecule has 0 aromatic heterocycles. The van der Waals surface area contributed by atoms with Crippen LogP contribution in [0.25, 0.3) is 0 Å². The van der Waals surface area contributed by atoms with Crippen molar-refractivity contribution in [2.45, 2.75) is 6.42 Å². The molecular formula is C10H7N3O3. The topological polar surface area (TPSA) is 99.9 Å². The van der Waals surface area contributed by atoms with E-state index in [0.717, 1.165) is 0 Å². The number of nitro benzene ring substituents is 1. The third kappa shape index (κ3) is 2.07. The Labute approximate surface area is 91.4 Å². The number of nitro groups is 1. The predicted molar refractivity (Wildman–Crippen MR) is 53.7 cm³/mol. The van der Waals surface area contributed by atoms with E-state index >= 15 is 0 Å². The molecule has 6 nitrogen and oxygen atoms in total. The first-order valence-corrected chi connectivity index (χ1v) is 4.26. The first kappa shape index (κ1) is 11.5. The number of hydrogen-bond donors (Lipinski definition) is 0. The Morgan fingerprint density at radius 3 is 2.62 bits per heavy atom. The van der Waals surface area contributed by atoms with Gasteiger partial charge >= 0.3 is 0 Å². The molecule has 0 aliphatic carbocycles. The van der Waals surface area contributed by atoms with Crippen LogP contribution < -0.4 is 4.74 Å². The molecule has 0 heterocycles. The van der Waals surface area contributed by atoms with Crippen molar-refractivity contribution in [3.63, 3.8) is 0 Å². The fraction of sp³-hybridized carbons (Fsp3) is 0.200. The second-order valence-corrected chi connectivity index (χ2v) is 2.88. The quantitative estimate of drug-likeness (QED) is 0.564. The van der Waals surface area contributed by atoms with Gasteiger partial charge in [-0.25, -0.2) is 0 Å². The van der Waals surface area contributed by atoms with Crippen LogP contribution in [0, 0.1) is 32.8 Å². The summed E-state index contributed by atoms with van der Waals surface area (Å²) in [6, 6.07) is 6.20. The minimum atomic E-state index is -0.665. The highest BCUT2D eigenvalue weighted by Gasteiger charge is 2.19. The molecule has 0 saturated heterocycles. The molecule has 1 aromatic rings. The lowest BCUT2D eigenvalue weighted by atomic mass is 10.0. The third-order valence-corrected chi connectivity index (χ3v) is 1.99. The zero-order valence-electron chi connectivity index (χ0n) is 8.43. The number of ether oxygens (including phenoxy) is 1. The smallest absolute Gasteiger partial charge is 0.291 e. The van der Waals surface area contributed by atoms with Gasteiger partial charge in [0, 0.05) is 0 Å². The van der Waals surface area contributed by atoms with Crippen molar-refractivity contribution in [2.24, 2.45) is 0 Å². The maximum atomic E-state index is 10.7. The number of nitrogens with zero attached hydrogens (tertiary/aromatic N) is 3. The average molecular weight is 217 g/mol. The summed E-state index contributed by atoms with van der Waals surface area (Å²) in [5.41, 5.74) is -0.129. The van der Waals surface area contributed by atoms with E-state index in [-0.39, 0.29) is 23.4 Å². The Bertz CT molecular complexity index is 511. The van der Waals surface area contributed by atoms with E-state index in [9.17, 15) is 10.1 Å². The molecule has 0 atom stereocenters. The van der Waals surface area contributed by atoms with Crippen molar-refractivity contribution in [3.8, 4) is 17.9 Å². The molecule has 0 saturated carbocycles. The zero-order chi connectivity index (χ0) is 12.1.